The molecule has 2 N–H and O–H groups in total. The van der Waals surface area contributed by atoms with E-state index in [0.29, 0.717) is 4.90 Å². The Kier molecular flexibility index (Phi) is 2.90. The summed E-state index contributed by atoms with van der Waals surface area (Å²) >= 11 is 0. The van der Waals surface area contributed by atoms with Crippen LogP contribution in [0.2, 0.25) is 0 Å². The van der Waals surface area contributed by atoms with E-state index in [1.807, 2.05) is 12.1 Å². The van der Waals surface area contributed by atoms with Crippen molar-refractivity contribution in [3.05, 3.63) is 48.5 Å². The molecule has 2 aromatic carbocycles. The van der Waals surface area contributed by atoms with Crippen molar-refractivity contribution in [1.29, 1.82) is 4.78 Å². The highest BCUT2D eigenvalue weighted by Crippen LogP contribution is 2.29. The molecular formula is C13H13NO2S. The topological polar surface area (TPSA) is 61.2 Å². The lowest BCUT2D eigenvalue weighted by Crippen LogP contribution is -1.94. The van der Waals surface area contributed by atoms with E-state index in [2.05, 4.69) is 0 Å². The van der Waals surface area contributed by atoms with E-state index in [1.165, 1.54) is 6.26 Å². The summed E-state index contributed by atoms with van der Waals surface area (Å²) in [4.78, 5) is 0.497. The SMILES string of the molecule is C[S@](=N)(=O)c1ccc(-c2ccccc2O)cc1. The normalized spacial score (nSPS) is 14.2. The zero-order valence-electron chi connectivity index (χ0n) is 9.38. The molecule has 0 aromatic heterocycles. The minimum atomic E-state index is -2.67. The molecule has 0 saturated carbocycles. The standard InChI is InChI=1S/C13H13NO2S/c1-17(14,16)11-8-6-10(7-9-11)12-4-2-3-5-13(12)15/h2-9,14-15H,1H3/t17-/m0/s1. The second kappa shape index (κ2) is 4.22. The van der Waals surface area contributed by atoms with Gasteiger partial charge in [-0.15, -0.1) is 0 Å². The number of nitrogens with one attached hydrogen (secondary N) is 1. The molecule has 1 atom stereocenters. The largest absolute Gasteiger partial charge is 0.507 e. The molecule has 0 saturated heterocycles. The minimum Gasteiger partial charge on any atom is -0.507 e. The zero-order valence-corrected chi connectivity index (χ0v) is 10.2. The molecule has 0 aliphatic heterocycles. The summed E-state index contributed by atoms with van der Waals surface area (Å²) in [6.45, 7) is 0. The molecular weight excluding hydrogens is 234 g/mol. The second-order valence-corrected chi connectivity index (χ2v) is 6.04. The summed E-state index contributed by atoms with van der Waals surface area (Å²) in [5, 5.41) is 9.70. The molecule has 0 aliphatic rings. The van der Waals surface area contributed by atoms with Gasteiger partial charge in [-0.1, -0.05) is 30.3 Å². The van der Waals surface area contributed by atoms with E-state index in [0.717, 1.165) is 11.1 Å². The van der Waals surface area contributed by atoms with Crippen molar-refractivity contribution in [1.82, 2.24) is 0 Å². The monoisotopic (exact) mass is 247 g/mol. The molecule has 0 aliphatic carbocycles. The number of hydrogen-bond donors (Lipinski definition) is 2. The fourth-order valence-corrected chi connectivity index (χ4v) is 2.27. The molecule has 0 heterocycles. The summed E-state index contributed by atoms with van der Waals surface area (Å²) in [6, 6.07) is 13.9. The first-order valence-corrected chi connectivity index (χ1v) is 7.07. The fourth-order valence-electron chi connectivity index (χ4n) is 1.61. The maximum atomic E-state index is 11.5. The number of rotatable bonds is 2. The predicted octanol–water partition coefficient (Wildman–Crippen LogP) is 3.09. The van der Waals surface area contributed by atoms with Crippen molar-refractivity contribution >= 4 is 9.73 Å². The Labute approximate surface area is 101 Å². The van der Waals surface area contributed by atoms with Gasteiger partial charge < -0.3 is 5.11 Å². The van der Waals surface area contributed by atoms with Crippen LogP contribution >= 0.6 is 0 Å². The van der Waals surface area contributed by atoms with E-state index >= 15 is 0 Å². The molecule has 88 valence electrons. The lowest BCUT2D eigenvalue weighted by atomic mass is 10.1. The van der Waals surface area contributed by atoms with Gasteiger partial charge in [0.25, 0.3) is 0 Å². The van der Waals surface area contributed by atoms with Gasteiger partial charge in [-0.2, -0.15) is 0 Å². The van der Waals surface area contributed by atoms with Gasteiger partial charge in [0, 0.05) is 16.7 Å². The Bertz CT molecular complexity index is 631. The Morgan fingerprint density at radius 2 is 1.65 bits per heavy atom. The maximum Gasteiger partial charge on any atom is 0.123 e. The van der Waals surface area contributed by atoms with Gasteiger partial charge in [0.1, 0.15) is 5.75 Å². The third-order valence-corrected chi connectivity index (χ3v) is 3.69. The Morgan fingerprint density at radius 1 is 1.06 bits per heavy atom. The number of benzene rings is 2. The summed E-state index contributed by atoms with van der Waals surface area (Å²) in [5.74, 6) is 0.211. The molecule has 2 aromatic rings. The van der Waals surface area contributed by atoms with Gasteiger partial charge in [0.2, 0.25) is 0 Å². The van der Waals surface area contributed by atoms with Crippen molar-refractivity contribution in [2.45, 2.75) is 4.90 Å². The molecule has 0 unspecified atom stereocenters. The molecule has 0 fully saturated rings. The lowest BCUT2D eigenvalue weighted by molar-refractivity contribution is 0.477. The van der Waals surface area contributed by atoms with Crippen molar-refractivity contribution in [2.75, 3.05) is 6.26 Å². The van der Waals surface area contributed by atoms with E-state index in [1.54, 1.807) is 36.4 Å². The van der Waals surface area contributed by atoms with Crippen LogP contribution in [0.15, 0.2) is 53.4 Å². The first-order valence-electron chi connectivity index (χ1n) is 5.11. The first-order chi connectivity index (χ1) is 7.98. The number of phenolic OH excluding ortho intramolecular Hbond substituents is 1. The highest BCUT2D eigenvalue weighted by Gasteiger charge is 2.06. The summed E-state index contributed by atoms with van der Waals surface area (Å²) < 4.78 is 19.0. The van der Waals surface area contributed by atoms with Crippen LogP contribution in [-0.2, 0) is 9.73 Å². The molecule has 0 spiro atoms. The third-order valence-electron chi connectivity index (χ3n) is 2.52. The smallest absolute Gasteiger partial charge is 0.123 e. The third kappa shape index (κ3) is 2.47. The van der Waals surface area contributed by atoms with Gasteiger partial charge in [0.15, 0.2) is 0 Å². The van der Waals surface area contributed by atoms with Crippen LogP contribution < -0.4 is 0 Å². The van der Waals surface area contributed by atoms with Crippen molar-refractivity contribution in [3.63, 3.8) is 0 Å². The quantitative estimate of drug-likeness (QED) is 0.856. The van der Waals surface area contributed by atoms with Gasteiger partial charge in [-0.3, -0.25) is 0 Å². The highest BCUT2D eigenvalue weighted by atomic mass is 32.2. The average Bonchev–Trinajstić information content (AvgIpc) is 2.29. The second-order valence-electron chi connectivity index (χ2n) is 3.89. The summed E-state index contributed by atoms with van der Waals surface area (Å²) in [7, 11) is -2.67. The van der Waals surface area contributed by atoms with Gasteiger partial charge in [-0.05, 0) is 23.8 Å². The van der Waals surface area contributed by atoms with E-state index in [-0.39, 0.29) is 5.75 Å². The molecule has 2 rings (SSSR count). The van der Waals surface area contributed by atoms with Gasteiger partial charge >= 0.3 is 0 Å². The highest BCUT2D eigenvalue weighted by molar-refractivity contribution is 7.91. The van der Waals surface area contributed by atoms with Gasteiger partial charge in [-0.25, -0.2) is 8.99 Å². The number of phenols is 1. The van der Waals surface area contributed by atoms with Crippen LogP contribution in [0.3, 0.4) is 0 Å². The van der Waals surface area contributed by atoms with E-state index in [9.17, 15) is 9.32 Å². The van der Waals surface area contributed by atoms with E-state index in [4.69, 9.17) is 4.78 Å². The maximum absolute atomic E-state index is 11.5. The van der Waals surface area contributed by atoms with Crippen LogP contribution in [0, 0.1) is 4.78 Å². The van der Waals surface area contributed by atoms with Crippen molar-refractivity contribution in [2.24, 2.45) is 0 Å². The predicted molar refractivity (Wildman–Crippen MR) is 68.6 cm³/mol. The van der Waals surface area contributed by atoms with E-state index < -0.39 is 9.73 Å². The number of hydrogen-bond acceptors (Lipinski definition) is 3. The van der Waals surface area contributed by atoms with Crippen LogP contribution in [0.1, 0.15) is 0 Å². The van der Waals surface area contributed by atoms with Crippen molar-refractivity contribution < 1.29 is 9.32 Å². The Balaban J connectivity index is 2.47. The first kappa shape index (κ1) is 11.7. The Hall–Kier alpha value is -1.81. The molecule has 3 nitrogen and oxygen atoms in total. The van der Waals surface area contributed by atoms with Crippen LogP contribution in [0.4, 0.5) is 0 Å². The minimum absolute atomic E-state index is 0.211. The fraction of sp³-hybridized carbons (Fsp3) is 0.0769. The lowest BCUT2D eigenvalue weighted by Gasteiger charge is -2.06. The van der Waals surface area contributed by atoms with Crippen LogP contribution in [-0.4, -0.2) is 15.6 Å². The van der Waals surface area contributed by atoms with Crippen molar-refractivity contribution in [3.8, 4) is 16.9 Å². The van der Waals surface area contributed by atoms with Gasteiger partial charge in [0.05, 0.1) is 9.73 Å². The molecule has 0 bridgehead atoms. The summed E-state index contributed by atoms with van der Waals surface area (Å²) in [6.07, 6.45) is 1.39. The number of aromatic hydroxyl groups is 1. The molecule has 0 amide bonds. The number of para-hydroxylation sites is 1. The molecule has 0 radical (unpaired) electrons. The molecule has 4 heteroatoms. The Morgan fingerprint density at radius 3 is 2.18 bits per heavy atom. The zero-order chi connectivity index (χ0) is 12.5. The summed E-state index contributed by atoms with van der Waals surface area (Å²) in [5.41, 5.74) is 1.57. The average molecular weight is 247 g/mol. The van der Waals surface area contributed by atoms with Crippen LogP contribution in [0.25, 0.3) is 11.1 Å². The van der Waals surface area contributed by atoms with Crippen LogP contribution in [0.5, 0.6) is 5.75 Å². The molecule has 17 heavy (non-hydrogen) atoms.